The van der Waals surface area contributed by atoms with Crippen LogP contribution in [0.4, 0.5) is 0 Å². The van der Waals surface area contributed by atoms with Crippen molar-refractivity contribution in [2.24, 2.45) is 5.73 Å². The van der Waals surface area contributed by atoms with Gasteiger partial charge in [0.25, 0.3) is 0 Å². The predicted molar refractivity (Wildman–Crippen MR) is 83.1 cm³/mol. The number of hydrogen-bond donors (Lipinski definition) is 1. The molecule has 0 saturated carbocycles. The summed E-state index contributed by atoms with van der Waals surface area (Å²) in [6.07, 6.45) is 2.55. The Morgan fingerprint density at radius 2 is 2.15 bits per heavy atom. The third-order valence-electron chi connectivity index (χ3n) is 4.04. The number of nitrogens with zero attached hydrogens (tertiary/aromatic N) is 2. The Labute approximate surface area is 122 Å². The van der Waals surface area contributed by atoms with Gasteiger partial charge in [0, 0.05) is 30.7 Å². The van der Waals surface area contributed by atoms with Crippen molar-refractivity contribution in [2.75, 3.05) is 40.8 Å². The molecule has 0 aromatic heterocycles. The van der Waals surface area contributed by atoms with Crippen molar-refractivity contribution in [1.29, 1.82) is 0 Å². The van der Waals surface area contributed by atoms with Gasteiger partial charge < -0.3 is 15.4 Å². The monoisotopic (exact) mass is 277 g/mol. The van der Waals surface area contributed by atoms with E-state index in [-0.39, 0.29) is 6.04 Å². The molecule has 2 atom stereocenters. The molecule has 2 N–H and O–H groups in total. The minimum Gasteiger partial charge on any atom is -0.496 e. The molecular weight excluding hydrogens is 250 g/mol. The van der Waals surface area contributed by atoms with Crippen LogP contribution >= 0.6 is 0 Å². The molecule has 1 aromatic carbocycles. The van der Waals surface area contributed by atoms with Gasteiger partial charge in [0.2, 0.25) is 0 Å². The van der Waals surface area contributed by atoms with Gasteiger partial charge in [-0.2, -0.15) is 0 Å². The normalized spacial score (nSPS) is 21.4. The summed E-state index contributed by atoms with van der Waals surface area (Å²) in [6.45, 7) is 3.17. The Bertz CT molecular complexity index is 422. The zero-order valence-corrected chi connectivity index (χ0v) is 12.9. The summed E-state index contributed by atoms with van der Waals surface area (Å²) in [5, 5.41) is 0. The van der Waals surface area contributed by atoms with Crippen molar-refractivity contribution in [1.82, 2.24) is 9.80 Å². The van der Waals surface area contributed by atoms with Gasteiger partial charge in [-0.15, -0.1) is 0 Å². The van der Waals surface area contributed by atoms with Gasteiger partial charge in [-0.1, -0.05) is 18.2 Å². The van der Waals surface area contributed by atoms with E-state index >= 15 is 0 Å². The highest BCUT2D eigenvalue weighted by atomic mass is 16.5. The van der Waals surface area contributed by atoms with Crippen LogP contribution in [0, 0.1) is 0 Å². The topological polar surface area (TPSA) is 41.7 Å². The van der Waals surface area contributed by atoms with Crippen LogP contribution in [0.5, 0.6) is 5.75 Å². The molecule has 4 nitrogen and oxygen atoms in total. The standard InChI is InChI=1S/C16H27N3O/c1-18(2)11-13-7-6-10-19(13)12-15(17)14-8-4-5-9-16(14)20-3/h4-5,8-9,13,15H,6-7,10-12,17H2,1-3H3. The van der Waals surface area contributed by atoms with E-state index in [2.05, 4.69) is 30.0 Å². The van der Waals surface area contributed by atoms with E-state index in [0.717, 1.165) is 30.9 Å². The van der Waals surface area contributed by atoms with Gasteiger partial charge in [-0.25, -0.2) is 0 Å². The smallest absolute Gasteiger partial charge is 0.123 e. The van der Waals surface area contributed by atoms with Gasteiger partial charge >= 0.3 is 0 Å². The fourth-order valence-corrected chi connectivity index (χ4v) is 3.09. The van der Waals surface area contributed by atoms with E-state index in [9.17, 15) is 0 Å². The molecule has 1 saturated heterocycles. The molecule has 0 spiro atoms. The Morgan fingerprint density at radius 1 is 1.40 bits per heavy atom. The number of para-hydroxylation sites is 1. The summed E-state index contributed by atoms with van der Waals surface area (Å²) >= 11 is 0. The molecule has 1 heterocycles. The maximum Gasteiger partial charge on any atom is 0.123 e. The molecule has 1 aliphatic heterocycles. The first-order valence-corrected chi connectivity index (χ1v) is 7.39. The number of methoxy groups -OCH3 is 1. The van der Waals surface area contributed by atoms with Crippen molar-refractivity contribution in [3.05, 3.63) is 29.8 Å². The molecule has 112 valence electrons. The number of benzene rings is 1. The zero-order valence-electron chi connectivity index (χ0n) is 12.9. The van der Waals surface area contributed by atoms with Crippen molar-refractivity contribution >= 4 is 0 Å². The van der Waals surface area contributed by atoms with E-state index in [1.165, 1.54) is 12.8 Å². The average Bonchev–Trinajstić information content (AvgIpc) is 2.85. The number of rotatable bonds is 6. The summed E-state index contributed by atoms with van der Waals surface area (Å²) in [4.78, 5) is 4.79. The lowest BCUT2D eigenvalue weighted by atomic mass is 10.1. The van der Waals surface area contributed by atoms with Gasteiger partial charge in [0.15, 0.2) is 0 Å². The highest BCUT2D eigenvalue weighted by Crippen LogP contribution is 2.26. The Balaban J connectivity index is 2.01. The lowest BCUT2D eigenvalue weighted by Crippen LogP contribution is -2.41. The molecular formula is C16H27N3O. The van der Waals surface area contributed by atoms with Gasteiger partial charge in [-0.05, 0) is 39.5 Å². The second kappa shape index (κ2) is 7.07. The van der Waals surface area contributed by atoms with Crippen LogP contribution in [0.25, 0.3) is 0 Å². The summed E-state index contributed by atoms with van der Waals surface area (Å²) in [5.74, 6) is 0.892. The van der Waals surface area contributed by atoms with E-state index < -0.39 is 0 Å². The Hall–Kier alpha value is -1.10. The van der Waals surface area contributed by atoms with E-state index in [0.29, 0.717) is 6.04 Å². The molecule has 0 aliphatic carbocycles. The summed E-state index contributed by atoms with van der Waals surface area (Å²) in [5.41, 5.74) is 7.51. The SMILES string of the molecule is COc1ccccc1C(N)CN1CCCC1CN(C)C. The second-order valence-corrected chi connectivity index (χ2v) is 5.90. The van der Waals surface area contributed by atoms with E-state index in [1.807, 2.05) is 18.2 Å². The summed E-state index contributed by atoms with van der Waals surface area (Å²) in [6, 6.07) is 8.70. The molecule has 20 heavy (non-hydrogen) atoms. The fraction of sp³-hybridized carbons (Fsp3) is 0.625. The predicted octanol–water partition coefficient (Wildman–Crippen LogP) is 1.72. The minimum atomic E-state index is 0.00825. The maximum absolute atomic E-state index is 6.41. The molecule has 2 rings (SSSR count). The zero-order chi connectivity index (χ0) is 14.5. The van der Waals surface area contributed by atoms with Crippen LogP contribution in [0.15, 0.2) is 24.3 Å². The van der Waals surface area contributed by atoms with Crippen LogP contribution in [-0.4, -0.2) is 56.7 Å². The first kappa shape index (κ1) is 15.3. The maximum atomic E-state index is 6.41. The first-order valence-electron chi connectivity index (χ1n) is 7.39. The molecule has 1 aliphatic rings. The van der Waals surface area contributed by atoms with Crippen molar-refractivity contribution < 1.29 is 4.74 Å². The van der Waals surface area contributed by atoms with Gasteiger partial charge in [-0.3, -0.25) is 4.90 Å². The third kappa shape index (κ3) is 3.72. The number of nitrogens with two attached hydrogens (primary N) is 1. The van der Waals surface area contributed by atoms with Crippen LogP contribution in [-0.2, 0) is 0 Å². The summed E-state index contributed by atoms with van der Waals surface area (Å²) in [7, 11) is 5.98. The molecule has 4 heteroatoms. The van der Waals surface area contributed by atoms with Crippen LogP contribution in [0.1, 0.15) is 24.4 Å². The van der Waals surface area contributed by atoms with Gasteiger partial charge in [0.05, 0.1) is 7.11 Å². The van der Waals surface area contributed by atoms with Crippen LogP contribution in [0.2, 0.25) is 0 Å². The molecule has 1 fully saturated rings. The molecule has 2 unspecified atom stereocenters. The number of ether oxygens (including phenoxy) is 1. The number of likely N-dealkylation sites (N-methyl/N-ethyl adjacent to an activating group) is 1. The third-order valence-corrected chi connectivity index (χ3v) is 4.04. The number of hydrogen-bond acceptors (Lipinski definition) is 4. The Kier molecular flexibility index (Phi) is 5.40. The number of likely N-dealkylation sites (tertiary alicyclic amines) is 1. The second-order valence-electron chi connectivity index (χ2n) is 5.90. The lowest BCUT2D eigenvalue weighted by molar-refractivity contribution is 0.197. The summed E-state index contributed by atoms with van der Waals surface area (Å²) < 4.78 is 5.42. The van der Waals surface area contributed by atoms with Crippen LogP contribution in [0.3, 0.4) is 0 Å². The van der Waals surface area contributed by atoms with Crippen molar-refractivity contribution in [3.63, 3.8) is 0 Å². The van der Waals surface area contributed by atoms with E-state index in [1.54, 1.807) is 7.11 Å². The molecule has 0 radical (unpaired) electrons. The highest BCUT2D eigenvalue weighted by molar-refractivity contribution is 5.35. The van der Waals surface area contributed by atoms with Crippen molar-refractivity contribution in [2.45, 2.75) is 24.9 Å². The van der Waals surface area contributed by atoms with E-state index in [4.69, 9.17) is 10.5 Å². The molecule has 1 aromatic rings. The average molecular weight is 277 g/mol. The fourth-order valence-electron chi connectivity index (χ4n) is 3.09. The first-order chi connectivity index (χ1) is 9.61. The lowest BCUT2D eigenvalue weighted by Gasteiger charge is -2.29. The molecule has 0 amide bonds. The molecule has 0 bridgehead atoms. The van der Waals surface area contributed by atoms with Crippen LogP contribution < -0.4 is 10.5 Å². The highest BCUT2D eigenvalue weighted by Gasteiger charge is 2.27. The van der Waals surface area contributed by atoms with Gasteiger partial charge in [0.1, 0.15) is 5.75 Å². The quantitative estimate of drug-likeness (QED) is 0.860. The largest absolute Gasteiger partial charge is 0.496 e. The Morgan fingerprint density at radius 3 is 2.85 bits per heavy atom. The van der Waals surface area contributed by atoms with Crippen molar-refractivity contribution in [3.8, 4) is 5.75 Å². The minimum absolute atomic E-state index is 0.00825.